The first-order valence-electron chi connectivity index (χ1n) is 7.04. The Morgan fingerprint density at radius 3 is 2.76 bits per heavy atom. The van der Waals surface area contributed by atoms with Crippen molar-refractivity contribution in [1.29, 1.82) is 0 Å². The number of benzene rings is 1. The molecule has 2 atom stereocenters. The molecule has 1 aromatic rings. The van der Waals surface area contributed by atoms with Gasteiger partial charge >= 0.3 is 6.18 Å². The van der Waals surface area contributed by atoms with Crippen LogP contribution in [0.3, 0.4) is 0 Å². The van der Waals surface area contributed by atoms with Gasteiger partial charge in [-0.2, -0.15) is 13.2 Å². The SMILES string of the molecule is C[C@H]1C[C@@H](C(=O)Nc2ccccc2CC(F)(F)F)CCN1. The van der Waals surface area contributed by atoms with Crippen molar-refractivity contribution in [2.75, 3.05) is 11.9 Å². The van der Waals surface area contributed by atoms with Gasteiger partial charge in [-0.15, -0.1) is 0 Å². The average molecular weight is 300 g/mol. The van der Waals surface area contributed by atoms with Gasteiger partial charge in [0.2, 0.25) is 5.91 Å². The molecule has 116 valence electrons. The first kappa shape index (κ1) is 15.8. The highest BCUT2D eigenvalue weighted by atomic mass is 19.4. The number of carbonyl (C=O) groups excluding carboxylic acids is 1. The van der Waals surface area contributed by atoms with Gasteiger partial charge in [0.15, 0.2) is 0 Å². The molecule has 0 aromatic heterocycles. The summed E-state index contributed by atoms with van der Waals surface area (Å²) < 4.78 is 37.6. The van der Waals surface area contributed by atoms with Crippen LogP contribution in [0.4, 0.5) is 18.9 Å². The van der Waals surface area contributed by atoms with E-state index in [-0.39, 0.29) is 29.1 Å². The van der Waals surface area contributed by atoms with Crippen LogP contribution in [-0.2, 0) is 11.2 Å². The van der Waals surface area contributed by atoms with Gasteiger partial charge < -0.3 is 10.6 Å². The maximum atomic E-state index is 12.5. The summed E-state index contributed by atoms with van der Waals surface area (Å²) in [6.45, 7) is 2.75. The van der Waals surface area contributed by atoms with E-state index in [1.54, 1.807) is 12.1 Å². The molecule has 1 aliphatic rings. The Bertz CT molecular complexity index is 502. The summed E-state index contributed by atoms with van der Waals surface area (Å²) in [6, 6.07) is 6.33. The third kappa shape index (κ3) is 4.74. The fourth-order valence-electron chi connectivity index (χ4n) is 2.62. The molecular formula is C15H19F3N2O. The van der Waals surface area contributed by atoms with Gasteiger partial charge in [-0.25, -0.2) is 0 Å². The third-order valence-corrected chi connectivity index (χ3v) is 3.66. The maximum Gasteiger partial charge on any atom is 0.393 e. The Morgan fingerprint density at radius 1 is 1.38 bits per heavy atom. The predicted octanol–water partition coefficient (Wildman–Crippen LogP) is 3.12. The number of nitrogens with one attached hydrogen (secondary N) is 2. The molecular weight excluding hydrogens is 281 g/mol. The molecule has 1 saturated heterocycles. The summed E-state index contributed by atoms with van der Waals surface area (Å²) in [6.07, 6.45) is -3.92. The maximum absolute atomic E-state index is 12.5. The minimum Gasteiger partial charge on any atom is -0.326 e. The van der Waals surface area contributed by atoms with Gasteiger partial charge in [-0.3, -0.25) is 4.79 Å². The molecule has 3 nitrogen and oxygen atoms in total. The summed E-state index contributed by atoms with van der Waals surface area (Å²) >= 11 is 0. The summed E-state index contributed by atoms with van der Waals surface area (Å²) in [5, 5.41) is 5.90. The highest BCUT2D eigenvalue weighted by molar-refractivity contribution is 5.93. The predicted molar refractivity (Wildman–Crippen MR) is 75.0 cm³/mol. The van der Waals surface area contributed by atoms with Crippen LogP contribution >= 0.6 is 0 Å². The lowest BCUT2D eigenvalue weighted by atomic mass is 9.92. The number of rotatable bonds is 3. The van der Waals surface area contributed by atoms with Crippen LogP contribution in [0, 0.1) is 5.92 Å². The van der Waals surface area contributed by atoms with Crippen molar-refractivity contribution in [3.63, 3.8) is 0 Å². The van der Waals surface area contributed by atoms with E-state index < -0.39 is 12.6 Å². The highest BCUT2D eigenvalue weighted by Gasteiger charge is 2.30. The largest absolute Gasteiger partial charge is 0.393 e. The van der Waals surface area contributed by atoms with Crippen LogP contribution in [0.1, 0.15) is 25.3 Å². The van der Waals surface area contributed by atoms with Crippen LogP contribution in [-0.4, -0.2) is 24.7 Å². The van der Waals surface area contributed by atoms with Crippen LogP contribution in [0.25, 0.3) is 0 Å². The second-order valence-electron chi connectivity index (χ2n) is 5.51. The number of halogens is 3. The van der Waals surface area contributed by atoms with Gasteiger partial charge in [0.05, 0.1) is 6.42 Å². The van der Waals surface area contributed by atoms with Crippen LogP contribution in [0.2, 0.25) is 0 Å². The fourth-order valence-corrected chi connectivity index (χ4v) is 2.62. The molecule has 1 fully saturated rings. The van der Waals surface area contributed by atoms with E-state index in [1.807, 2.05) is 6.92 Å². The molecule has 2 rings (SSSR count). The fraction of sp³-hybridized carbons (Fsp3) is 0.533. The van der Waals surface area contributed by atoms with E-state index in [2.05, 4.69) is 10.6 Å². The Morgan fingerprint density at radius 2 is 2.10 bits per heavy atom. The number of hydrogen-bond donors (Lipinski definition) is 2. The number of piperidine rings is 1. The standard InChI is InChI=1S/C15H19F3N2O/c1-10-8-11(6-7-19-10)14(21)20-13-5-3-2-4-12(13)9-15(16,17)18/h2-5,10-11,19H,6-9H2,1H3,(H,20,21)/t10-,11-/m0/s1. The lowest BCUT2D eigenvalue weighted by Crippen LogP contribution is -2.40. The summed E-state index contributed by atoms with van der Waals surface area (Å²) in [4.78, 5) is 12.2. The monoisotopic (exact) mass is 300 g/mol. The van der Waals surface area contributed by atoms with Gasteiger partial charge in [0.1, 0.15) is 0 Å². The third-order valence-electron chi connectivity index (χ3n) is 3.66. The normalized spacial score (nSPS) is 22.9. The van der Waals surface area contributed by atoms with E-state index in [1.165, 1.54) is 12.1 Å². The van der Waals surface area contributed by atoms with E-state index in [9.17, 15) is 18.0 Å². The Labute approximate surface area is 121 Å². The second kappa shape index (κ2) is 6.47. The highest BCUT2D eigenvalue weighted by Crippen LogP contribution is 2.27. The first-order chi connectivity index (χ1) is 9.85. The molecule has 0 bridgehead atoms. The van der Waals surface area contributed by atoms with Crippen LogP contribution < -0.4 is 10.6 Å². The van der Waals surface area contributed by atoms with Gasteiger partial charge in [-0.1, -0.05) is 18.2 Å². The van der Waals surface area contributed by atoms with Crippen molar-refractivity contribution in [2.45, 2.75) is 38.4 Å². The van der Waals surface area contributed by atoms with Crippen LogP contribution in [0.15, 0.2) is 24.3 Å². The lowest BCUT2D eigenvalue weighted by molar-refractivity contribution is -0.127. The molecule has 0 radical (unpaired) electrons. The topological polar surface area (TPSA) is 41.1 Å². The number of amides is 1. The average Bonchev–Trinajstić information content (AvgIpc) is 2.39. The minimum atomic E-state index is -4.29. The lowest BCUT2D eigenvalue weighted by Gasteiger charge is -2.27. The molecule has 0 aliphatic carbocycles. The van der Waals surface area contributed by atoms with Crippen molar-refractivity contribution in [3.8, 4) is 0 Å². The zero-order valence-corrected chi connectivity index (χ0v) is 11.8. The van der Waals surface area contributed by atoms with Gasteiger partial charge in [0.25, 0.3) is 0 Å². The number of carbonyl (C=O) groups is 1. The molecule has 2 N–H and O–H groups in total. The first-order valence-corrected chi connectivity index (χ1v) is 7.04. The Hall–Kier alpha value is -1.56. The molecule has 21 heavy (non-hydrogen) atoms. The van der Waals surface area contributed by atoms with Crippen molar-refractivity contribution < 1.29 is 18.0 Å². The molecule has 0 saturated carbocycles. The quantitative estimate of drug-likeness (QED) is 0.900. The van der Waals surface area contributed by atoms with Crippen molar-refractivity contribution in [2.24, 2.45) is 5.92 Å². The summed E-state index contributed by atoms with van der Waals surface area (Å²) in [7, 11) is 0. The van der Waals surface area contributed by atoms with E-state index in [4.69, 9.17) is 0 Å². The zero-order chi connectivity index (χ0) is 15.5. The molecule has 1 amide bonds. The molecule has 0 spiro atoms. The number of anilines is 1. The molecule has 1 heterocycles. The summed E-state index contributed by atoms with van der Waals surface area (Å²) in [5.41, 5.74) is 0.353. The Balaban J connectivity index is 2.07. The summed E-state index contributed by atoms with van der Waals surface area (Å²) in [5.74, 6) is -0.349. The van der Waals surface area contributed by atoms with Crippen LogP contribution in [0.5, 0.6) is 0 Å². The Kier molecular flexibility index (Phi) is 4.88. The molecule has 1 aliphatic heterocycles. The van der Waals surface area contributed by atoms with Crippen molar-refractivity contribution in [1.82, 2.24) is 5.32 Å². The number of para-hydroxylation sites is 1. The van der Waals surface area contributed by atoms with Crippen molar-refractivity contribution in [3.05, 3.63) is 29.8 Å². The zero-order valence-electron chi connectivity index (χ0n) is 11.8. The van der Waals surface area contributed by atoms with Gasteiger partial charge in [0, 0.05) is 17.6 Å². The second-order valence-corrected chi connectivity index (χ2v) is 5.51. The van der Waals surface area contributed by atoms with E-state index in [0.29, 0.717) is 12.8 Å². The van der Waals surface area contributed by atoms with Gasteiger partial charge in [-0.05, 0) is 37.9 Å². The van der Waals surface area contributed by atoms with E-state index >= 15 is 0 Å². The van der Waals surface area contributed by atoms with E-state index in [0.717, 1.165) is 6.54 Å². The number of hydrogen-bond acceptors (Lipinski definition) is 2. The smallest absolute Gasteiger partial charge is 0.326 e. The molecule has 1 aromatic carbocycles. The van der Waals surface area contributed by atoms with Crippen molar-refractivity contribution >= 4 is 11.6 Å². The molecule has 0 unspecified atom stereocenters. The molecule has 6 heteroatoms. The minimum absolute atomic E-state index is 0.0975. The number of alkyl halides is 3.